The van der Waals surface area contributed by atoms with Crippen molar-refractivity contribution in [2.45, 2.75) is 32.2 Å². The maximum atomic E-state index is 12.6. The van der Waals surface area contributed by atoms with Crippen LogP contribution in [0.2, 0.25) is 0 Å². The summed E-state index contributed by atoms with van der Waals surface area (Å²) in [6, 6.07) is 10.3. The van der Waals surface area contributed by atoms with E-state index in [9.17, 15) is 19.2 Å². The fourth-order valence-electron chi connectivity index (χ4n) is 3.04. The van der Waals surface area contributed by atoms with Gasteiger partial charge in [0.25, 0.3) is 5.56 Å². The van der Waals surface area contributed by atoms with Gasteiger partial charge in [0.05, 0.1) is 19.1 Å². The third-order valence-corrected chi connectivity index (χ3v) is 4.63. The summed E-state index contributed by atoms with van der Waals surface area (Å²) in [5.41, 5.74) is -0.837. The van der Waals surface area contributed by atoms with Gasteiger partial charge in [-0.25, -0.2) is 9.59 Å². The van der Waals surface area contributed by atoms with Crippen LogP contribution in [-0.2, 0) is 30.0 Å². The van der Waals surface area contributed by atoms with Gasteiger partial charge in [0.1, 0.15) is 17.4 Å². The summed E-state index contributed by atoms with van der Waals surface area (Å²) in [6.07, 6.45) is 0.298. The zero-order chi connectivity index (χ0) is 22.3. The molecule has 0 aliphatic rings. The van der Waals surface area contributed by atoms with Crippen LogP contribution in [0.5, 0.6) is 0 Å². The van der Waals surface area contributed by atoms with Crippen molar-refractivity contribution in [2.24, 2.45) is 14.1 Å². The van der Waals surface area contributed by atoms with E-state index >= 15 is 0 Å². The van der Waals surface area contributed by atoms with E-state index in [1.807, 2.05) is 30.3 Å². The highest BCUT2D eigenvalue weighted by molar-refractivity contribution is 6.01. The van der Waals surface area contributed by atoms with Gasteiger partial charge in [0, 0.05) is 14.1 Å². The molecule has 1 heterocycles. The molecule has 0 unspecified atom stereocenters. The molecule has 0 spiro atoms. The summed E-state index contributed by atoms with van der Waals surface area (Å²) in [7, 11) is 2.63. The first-order chi connectivity index (χ1) is 14.3. The number of rotatable bonds is 9. The van der Waals surface area contributed by atoms with Gasteiger partial charge < -0.3 is 10.1 Å². The van der Waals surface area contributed by atoms with Gasteiger partial charge in [-0.1, -0.05) is 30.3 Å². The number of ether oxygens (including phenoxy) is 1. The summed E-state index contributed by atoms with van der Waals surface area (Å²) < 4.78 is 7.00. The Morgan fingerprint density at radius 3 is 2.43 bits per heavy atom. The Bertz CT molecular complexity index is 1080. The maximum absolute atomic E-state index is 12.6. The fourth-order valence-corrected chi connectivity index (χ4v) is 3.04. The van der Waals surface area contributed by atoms with E-state index in [-0.39, 0.29) is 18.0 Å². The highest BCUT2D eigenvalue weighted by atomic mass is 16.5. The Hall–Kier alpha value is -3.67. The molecule has 1 aromatic carbocycles. The summed E-state index contributed by atoms with van der Waals surface area (Å²) >= 11 is 0. The van der Waals surface area contributed by atoms with E-state index in [0.717, 1.165) is 14.7 Å². The second-order valence-electron chi connectivity index (χ2n) is 6.66. The van der Waals surface area contributed by atoms with Crippen LogP contribution in [0, 0.1) is 11.3 Å². The minimum Gasteiger partial charge on any atom is -0.464 e. The number of carbonyl (C=O) groups is 2. The van der Waals surface area contributed by atoms with Gasteiger partial charge in [-0.2, -0.15) is 5.26 Å². The molecule has 1 atom stereocenters. The van der Waals surface area contributed by atoms with Crippen molar-refractivity contribution in [1.29, 1.82) is 5.26 Å². The largest absolute Gasteiger partial charge is 0.464 e. The molecule has 158 valence electrons. The highest BCUT2D eigenvalue weighted by Gasteiger charge is 2.27. The molecule has 0 fully saturated rings. The molecule has 1 aromatic heterocycles. The third-order valence-electron chi connectivity index (χ3n) is 4.63. The molecule has 0 aliphatic heterocycles. The number of nitrogens with one attached hydrogen (secondary N) is 1. The van der Waals surface area contributed by atoms with Crippen LogP contribution in [0.15, 0.2) is 39.9 Å². The lowest BCUT2D eigenvalue weighted by molar-refractivity contribution is -0.144. The number of aryl methyl sites for hydroxylation is 1. The molecule has 0 saturated carbocycles. The molecule has 1 N–H and O–H groups in total. The van der Waals surface area contributed by atoms with Gasteiger partial charge in [-0.05, 0) is 25.3 Å². The van der Waals surface area contributed by atoms with E-state index < -0.39 is 35.5 Å². The molecule has 2 aromatic rings. The van der Waals surface area contributed by atoms with Gasteiger partial charge in [-0.3, -0.25) is 18.7 Å². The van der Waals surface area contributed by atoms with E-state index in [1.54, 1.807) is 13.0 Å². The van der Waals surface area contributed by atoms with Crippen molar-refractivity contribution in [2.75, 3.05) is 11.9 Å². The lowest BCUT2D eigenvalue weighted by Gasteiger charge is -2.22. The Kier molecular flexibility index (Phi) is 7.69. The molecule has 0 amide bonds. The topological polar surface area (TPSA) is 123 Å². The van der Waals surface area contributed by atoms with Crippen LogP contribution in [0.25, 0.3) is 0 Å². The van der Waals surface area contributed by atoms with Crippen molar-refractivity contribution in [1.82, 2.24) is 9.13 Å². The standard InChI is InChI=1S/C21H24N4O5/c1-4-30-20(28)15(11-10-14-8-6-5-7-9-14)23-18-17(16(26)12-13-22)19(27)25(3)21(29)24(18)2/h5-9,15,23H,4,10-12H2,1-3H3/t15-/m0/s1. The number of hydrogen-bond acceptors (Lipinski definition) is 7. The predicted octanol–water partition coefficient (Wildman–Crippen LogP) is 1.16. The lowest BCUT2D eigenvalue weighted by Crippen LogP contribution is -2.44. The van der Waals surface area contributed by atoms with Crippen molar-refractivity contribution in [3.63, 3.8) is 0 Å². The fraction of sp³-hybridized carbons (Fsp3) is 0.381. The predicted molar refractivity (Wildman–Crippen MR) is 110 cm³/mol. The first kappa shape index (κ1) is 22.6. The number of ketones is 1. The maximum Gasteiger partial charge on any atom is 0.332 e. The number of benzene rings is 1. The Morgan fingerprint density at radius 2 is 1.83 bits per heavy atom. The van der Waals surface area contributed by atoms with Crippen molar-refractivity contribution >= 4 is 17.6 Å². The zero-order valence-corrected chi connectivity index (χ0v) is 17.2. The van der Waals surface area contributed by atoms with Crippen LogP contribution in [0.3, 0.4) is 0 Å². The average Bonchev–Trinajstić information content (AvgIpc) is 2.74. The van der Waals surface area contributed by atoms with Gasteiger partial charge in [0.15, 0.2) is 5.78 Å². The van der Waals surface area contributed by atoms with Crippen LogP contribution >= 0.6 is 0 Å². The molecule has 9 nitrogen and oxygen atoms in total. The van der Waals surface area contributed by atoms with Gasteiger partial charge in [0.2, 0.25) is 0 Å². The lowest BCUT2D eigenvalue weighted by atomic mass is 10.0. The minimum absolute atomic E-state index is 0.102. The third kappa shape index (κ3) is 5.03. The van der Waals surface area contributed by atoms with E-state index in [2.05, 4.69) is 5.32 Å². The summed E-state index contributed by atoms with van der Waals surface area (Å²) in [6.45, 7) is 1.82. The van der Waals surface area contributed by atoms with Gasteiger partial charge in [-0.15, -0.1) is 0 Å². The number of anilines is 1. The zero-order valence-electron chi connectivity index (χ0n) is 17.2. The smallest absolute Gasteiger partial charge is 0.332 e. The van der Waals surface area contributed by atoms with Gasteiger partial charge >= 0.3 is 11.7 Å². The van der Waals surface area contributed by atoms with Crippen LogP contribution in [-0.4, -0.2) is 33.5 Å². The number of carbonyl (C=O) groups excluding carboxylic acids is 2. The van der Waals surface area contributed by atoms with Crippen LogP contribution < -0.4 is 16.6 Å². The molecule has 0 bridgehead atoms. The molecule has 30 heavy (non-hydrogen) atoms. The van der Waals surface area contributed by atoms with E-state index in [0.29, 0.717) is 12.8 Å². The van der Waals surface area contributed by atoms with E-state index in [4.69, 9.17) is 10.00 Å². The molecule has 2 rings (SSSR count). The molecule has 0 radical (unpaired) electrons. The summed E-state index contributed by atoms with van der Waals surface area (Å²) in [5.74, 6) is -1.41. The molecular weight excluding hydrogens is 388 g/mol. The highest BCUT2D eigenvalue weighted by Crippen LogP contribution is 2.16. The number of hydrogen-bond donors (Lipinski definition) is 1. The Morgan fingerprint density at radius 1 is 1.17 bits per heavy atom. The Labute approximate surface area is 173 Å². The number of nitrogens with zero attached hydrogens (tertiary/aromatic N) is 3. The summed E-state index contributed by atoms with van der Waals surface area (Å²) in [5, 5.41) is 11.7. The number of Topliss-reactive ketones (excluding diaryl/α,β-unsaturated/α-hetero) is 1. The van der Waals surface area contributed by atoms with Crippen LogP contribution in [0.1, 0.15) is 35.7 Å². The average molecular weight is 412 g/mol. The minimum atomic E-state index is -0.906. The Balaban J connectivity index is 2.48. The molecule has 0 aliphatic carbocycles. The number of aromatic nitrogens is 2. The van der Waals surface area contributed by atoms with Crippen molar-refractivity contribution in [3.05, 3.63) is 62.3 Å². The quantitative estimate of drug-likeness (QED) is 0.484. The van der Waals surface area contributed by atoms with E-state index in [1.165, 1.54) is 14.1 Å². The first-order valence-electron chi connectivity index (χ1n) is 9.49. The van der Waals surface area contributed by atoms with Crippen molar-refractivity contribution < 1.29 is 14.3 Å². The van der Waals surface area contributed by atoms with Crippen molar-refractivity contribution in [3.8, 4) is 6.07 Å². The molecule has 9 heteroatoms. The summed E-state index contributed by atoms with van der Waals surface area (Å²) in [4.78, 5) is 50.0. The van der Waals surface area contributed by atoms with Crippen LogP contribution in [0.4, 0.5) is 5.82 Å². The second-order valence-corrected chi connectivity index (χ2v) is 6.66. The molecular formula is C21H24N4O5. The first-order valence-corrected chi connectivity index (χ1v) is 9.49. The number of esters is 1. The SMILES string of the molecule is CCOC(=O)[C@H](CCc1ccccc1)Nc1c(C(=O)CC#N)c(=O)n(C)c(=O)n1C. The number of nitriles is 1. The second kappa shape index (κ2) is 10.2. The molecule has 0 saturated heterocycles. The normalized spacial score (nSPS) is 11.4. The monoisotopic (exact) mass is 412 g/mol.